The highest BCUT2D eigenvalue weighted by atomic mass is 32.1. The molecule has 5 rings (SSSR count). The van der Waals surface area contributed by atoms with Gasteiger partial charge < -0.3 is 26.0 Å². The molecule has 0 bridgehead atoms. The number of nitrogens with one attached hydrogen (secondary N) is 2. The number of pyridine rings is 1. The van der Waals surface area contributed by atoms with Gasteiger partial charge >= 0.3 is 0 Å². The molecule has 3 heterocycles. The van der Waals surface area contributed by atoms with Crippen LogP contribution in [0, 0.1) is 18.7 Å². The molecule has 218 valence electrons. The number of hydrogen-bond acceptors (Lipinski definition) is 10. The van der Waals surface area contributed by atoms with E-state index in [1.165, 1.54) is 23.5 Å². The first-order valence-electron chi connectivity index (χ1n) is 14.0. The van der Waals surface area contributed by atoms with E-state index in [9.17, 15) is 19.7 Å². The molecule has 4 atom stereocenters. The van der Waals surface area contributed by atoms with Crippen LogP contribution >= 0.6 is 11.3 Å². The van der Waals surface area contributed by atoms with Gasteiger partial charge in [-0.05, 0) is 43.5 Å². The number of hydrogen-bond donors (Lipinski definition) is 5. The highest BCUT2D eigenvalue weighted by Crippen LogP contribution is 2.39. The number of aromatic nitrogens is 4. The van der Waals surface area contributed by atoms with E-state index >= 15 is 0 Å². The molecule has 1 fully saturated rings. The van der Waals surface area contributed by atoms with Crippen LogP contribution in [0.15, 0.2) is 36.5 Å². The number of rotatable bonds is 10. The molecule has 3 aromatic heterocycles. The molecular formula is C30H37FN6O3S. The number of thiazole rings is 1. The fourth-order valence-electron chi connectivity index (χ4n) is 5.37. The standard InChI is InChI=1S/C30H37FN6O3S/c1-5-6-20-24-22(11-12-32-20)41-28(36-24)23-16(2)34-29(33-15-30(3,4)18-7-9-19(31)10-8-18)37-27(23)35-21-13-17(14-38)25(39)26(21)40/h7-12,17,21,25-26,38-40H,5-6,13-15H2,1-4H3,(H2,33,34,35,37)/t17-,21-,25-,26+/m1/s1. The summed E-state index contributed by atoms with van der Waals surface area (Å²) >= 11 is 1.53. The van der Waals surface area contributed by atoms with E-state index in [4.69, 9.17) is 15.0 Å². The van der Waals surface area contributed by atoms with Gasteiger partial charge in [0.15, 0.2) is 0 Å². The number of aliphatic hydroxyl groups excluding tert-OH is 3. The summed E-state index contributed by atoms with van der Waals surface area (Å²) in [5.74, 6) is 0.162. The molecular weight excluding hydrogens is 543 g/mol. The molecule has 0 spiro atoms. The van der Waals surface area contributed by atoms with Crippen molar-refractivity contribution in [1.82, 2.24) is 19.9 Å². The first-order chi connectivity index (χ1) is 19.6. The number of nitrogens with zero attached hydrogens (tertiary/aromatic N) is 4. The van der Waals surface area contributed by atoms with E-state index in [2.05, 4.69) is 36.4 Å². The van der Waals surface area contributed by atoms with Gasteiger partial charge in [-0.1, -0.05) is 39.3 Å². The molecule has 0 aliphatic heterocycles. The lowest BCUT2D eigenvalue weighted by atomic mass is 9.84. The molecule has 11 heteroatoms. The topological polar surface area (TPSA) is 136 Å². The molecule has 4 aromatic rings. The largest absolute Gasteiger partial charge is 0.396 e. The van der Waals surface area contributed by atoms with Crippen LogP contribution in [0.1, 0.15) is 50.6 Å². The van der Waals surface area contributed by atoms with E-state index < -0.39 is 24.2 Å². The fourth-order valence-corrected chi connectivity index (χ4v) is 6.46. The smallest absolute Gasteiger partial charge is 0.224 e. The van der Waals surface area contributed by atoms with Gasteiger partial charge in [0.2, 0.25) is 5.95 Å². The number of fused-ring (bicyclic) bond motifs is 1. The lowest BCUT2D eigenvalue weighted by Crippen LogP contribution is -2.36. The maximum absolute atomic E-state index is 13.5. The summed E-state index contributed by atoms with van der Waals surface area (Å²) < 4.78 is 14.5. The third-order valence-electron chi connectivity index (χ3n) is 7.85. The van der Waals surface area contributed by atoms with Crippen LogP contribution in [0.4, 0.5) is 16.2 Å². The zero-order valence-corrected chi connectivity index (χ0v) is 24.5. The molecule has 0 radical (unpaired) electrons. The third kappa shape index (κ3) is 6.04. The lowest BCUT2D eigenvalue weighted by molar-refractivity contribution is 0.00446. The van der Waals surface area contributed by atoms with Crippen molar-refractivity contribution in [3.05, 3.63) is 59.3 Å². The van der Waals surface area contributed by atoms with Crippen LogP contribution in [0.5, 0.6) is 0 Å². The molecule has 5 N–H and O–H groups in total. The monoisotopic (exact) mass is 580 g/mol. The lowest BCUT2D eigenvalue weighted by Gasteiger charge is -2.26. The van der Waals surface area contributed by atoms with Crippen molar-refractivity contribution in [3.63, 3.8) is 0 Å². The van der Waals surface area contributed by atoms with Crippen LogP contribution in [0.25, 0.3) is 20.8 Å². The SMILES string of the molecule is CCCc1nccc2sc(-c3c(C)nc(NCC(C)(C)c4ccc(F)cc4)nc3N[C@@H]3C[C@H](CO)[C@@H](O)[C@H]3O)nc12. The van der Waals surface area contributed by atoms with Crippen LogP contribution in [0.2, 0.25) is 0 Å². The van der Waals surface area contributed by atoms with Crippen molar-refractivity contribution in [1.29, 1.82) is 0 Å². The van der Waals surface area contributed by atoms with Crippen LogP contribution in [0.3, 0.4) is 0 Å². The van der Waals surface area contributed by atoms with Crippen LogP contribution < -0.4 is 10.6 Å². The second-order valence-corrected chi connectivity index (χ2v) is 12.4. The minimum atomic E-state index is -1.07. The summed E-state index contributed by atoms with van der Waals surface area (Å²) in [7, 11) is 0. The van der Waals surface area contributed by atoms with Gasteiger partial charge in [-0.3, -0.25) is 4.98 Å². The van der Waals surface area contributed by atoms with Gasteiger partial charge in [-0.2, -0.15) is 4.98 Å². The molecule has 0 unspecified atom stereocenters. The molecule has 1 aromatic carbocycles. The molecule has 9 nitrogen and oxygen atoms in total. The fraction of sp³-hybridized carbons (Fsp3) is 0.467. The van der Waals surface area contributed by atoms with Gasteiger partial charge in [-0.25, -0.2) is 14.4 Å². The Kier molecular flexibility index (Phi) is 8.51. The van der Waals surface area contributed by atoms with E-state index in [0.717, 1.165) is 39.3 Å². The highest BCUT2D eigenvalue weighted by molar-refractivity contribution is 7.21. The van der Waals surface area contributed by atoms with E-state index in [-0.39, 0.29) is 17.8 Å². The number of aryl methyl sites for hydroxylation is 2. The van der Waals surface area contributed by atoms with E-state index in [0.29, 0.717) is 36.0 Å². The van der Waals surface area contributed by atoms with Crippen molar-refractivity contribution >= 4 is 33.3 Å². The van der Waals surface area contributed by atoms with Gasteiger partial charge in [0.1, 0.15) is 28.3 Å². The molecule has 0 saturated heterocycles. The summed E-state index contributed by atoms with van der Waals surface area (Å²) in [6, 6.07) is 7.89. The second-order valence-electron chi connectivity index (χ2n) is 11.4. The zero-order chi connectivity index (χ0) is 29.3. The highest BCUT2D eigenvalue weighted by Gasteiger charge is 2.41. The van der Waals surface area contributed by atoms with Gasteiger partial charge in [0.25, 0.3) is 0 Å². The van der Waals surface area contributed by atoms with Crippen LogP contribution in [-0.2, 0) is 11.8 Å². The predicted molar refractivity (Wildman–Crippen MR) is 160 cm³/mol. The minimum Gasteiger partial charge on any atom is -0.396 e. The molecule has 41 heavy (non-hydrogen) atoms. The Morgan fingerprint density at radius 3 is 2.51 bits per heavy atom. The summed E-state index contributed by atoms with van der Waals surface area (Å²) in [5, 5.41) is 38.3. The maximum Gasteiger partial charge on any atom is 0.224 e. The average molecular weight is 581 g/mol. The maximum atomic E-state index is 13.5. The van der Waals surface area contributed by atoms with Crippen molar-refractivity contribution in [2.75, 3.05) is 23.8 Å². The van der Waals surface area contributed by atoms with Crippen molar-refractivity contribution in [2.24, 2.45) is 5.92 Å². The third-order valence-corrected chi connectivity index (χ3v) is 8.88. The minimum absolute atomic E-state index is 0.220. The van der Waals surface area contributed by atoms with E-state index in [1.54, 1.807) is 18.3 Å². The first kappa shape index (κ1) is 29.2. The van der Waals surface area contributed by atoms with Gasteiger partial charge in [0, 0.05) is 30.7 Å². The first-order valence-corrected chi connectivity index (χ1v) is 14.8. The number of aliphatic hydroxyl groups is 3. The number of anilines is 2. The van der Waals surface area contributed by atoms with Gasteiger partial charge in [-0.15, -0.1) is 11.3 Å². The van der Waals surface area contributed by atoms with E-state index in [1.807, 2.05) is 13.0 Å². The van der Waals surface area contributed by atoms with Crippen molar-refractivity contribution in [2.45, 2.75) is 70.6 Å². The molecule has 1 aliphatic rings. The summed E-state index contributed by atoms with van der Waals surface area (Å²) in [6.07, 6.45) is 1.85. The quantitative estimate of drug-likeness (QED) is 0.184. The summed E-state index contributed by atoms with van der Waals surface area (Å²) in [5.41, 5.74) is 3.85. The summed E-state index contributed by atoms with van der Waals surface area (Å²) in [6.45, 7) is 8.39. The van der Waals surface area contributed by atoms with Crippen LogP contribution in [-0.4, -0.2) is 66.7 Å². The van der Waals surface area contributed by atoms with Gasteiger partial charge in [0.05, 0.1) is 33.8 Å². The zero-order valence-electron chi connectivity index (χ0n) is 23.7. The second kappa shape index (κ2) is 11.9. The Morgan fingerprint density at radius 1 is 1.07 bits per heavy atom. The Bertz CT molecular complexity index is 1510. The molecule has 1 saturated carbocycles. The Morgan fingerprint density at radius 2 is 1.83 bits per heavy atom. The predicted octanol–water partition coefficient (Wildman–Crippen LogP) is 4.45. The molecule has 0 amide bonds. The number of halogens is 1. The molecule has 1 aliphatic carbocycles. The Hall–Kier alpha value is -3.25. The Balaban J connectivity index is 1.51. The Labute approximate surface area is 242 Å². The normalized spacial score (nSPS) is 21.0. The van der Waals surface area contributed by atoms with Crippen molar-refractivity contribution in [3.8, 4) is 10.6 Å². The average Bonchev–Trinajstić information content (AvgIpc) is 3.49. The van der Waals surface area contributed by atoms with Crippen molar-refractivity contribution < 1.29 is 19.7 Å². The number of benzene rings is 1. The summed E-state index contributed by atoms with van der Waals surface area (Å²) in [4.78, 5) is 19.1.